The molecule has 6 rings (SSSR count). The van der Waals surface area contributed by atoms with Crippen molar-refractivity contribution in [1.82, 2.24) is 0 Å². The molecular weight excluding hydrogens is 640 g/mol. The van der Waals surface area contributed by atoms with Crippen LogP contribution in [0.4, 0.5) is 0 Å². The van der Waals surface area contributed by atoms with Crippen LogP contribution >= 0.6 is 0 Å². The summed E-state index contributed by atoms with van der Waals surface area (Å²) in [5.41, 5.74) is 3.03. The fourth-order valence-electron chi connectivity index (χ4n) is 5.65. The average molecular weight is 679 g/mol. The first kappa shape index (κ1) is 34.5. The lowest BCUT2D eigenvalue weighted by Crippen LogP contribution is -2.04. The summed E-state index contributed by atoms with van der Waals surface area (Å²) < 4.78 is 18.4. The van der Waals surface area contributed by atoms with Crippen molar-refractivity contribution in [2.45, 2.75) is 39.5 Å². The Morgan fingerprint density at radius 1 is 0.451 bits per heavy atom. The van der Waals surface area contributed by atoms with Crippen LogP contribution in [0.15, 0.2) is 133 Å². The molecule has 0 unspecified atom stereocenters. The number of carbonyl (C=O) groups is 2. The van der Waals surface area contributed by atoms with E-state index < -0.39 is 0 Å². The largest absolute Gasteiger partial charge is 0.507 e. The molecule has 0 amide bonds. The Morgan fingerprint density at radius 2 is 0.765 bits per heavy atom. The third-order valence-electron chi connectivity index (χ3n) is 8.40. The SMILES string of the molecule is CC(C)c1cc(C(=O)c2ccccc2)c(O)cc1Oc1ccc(Oc2ccc(Oc3cc(O)c(C(=O)c4ccccc4)cc3C(C)C)cc2)cc1. The lowest BCUT2D eigenvalue weighted by Gasteiger charge is -2.17. The second-order valence-corrected chi connectivity index (χ2v) is 12.8. The highest BCUT2D eigenvalue weighted by Gasteiger charge is 2.21. The summed E-state index contributed by atoms with van der Waals surface area (Å²) in [6.45, 7) is 8.01. The number of phenols is 2. The van der Waals surface area contributed by atoms with Gasteiger partial charge < -0.3 is 24.4 Å². The van der Waals surface area contributed by atoms with Gasteiger partial charge in [-0.05, 0) is 83.6 Å². The standard InChI is InChI=1S/C44H38O7/c1-27(2)35-23-37(43(47)29-11-7-5-8-12-29)39(45)25-41(35)50-33-19-15-31(16-20-33)49-32-17-21-34(22-18-32)51-42-26-40(46)38(24-36(42)28(3)4)44(48)30-13-9-6-10-14-30/h5-28,45-46H,1-4H3. The molecule has 0 aromatic heterocycles. The Labute approximate surface area is 297 Å². The van der Waals surface area contributed by atoms with E-state index >= 15 is 0 Å². The first-order chi connectivity index (χ1) is 24.6. The normalized spacial score (nSPS) is 11.0. The molecule has 0 aliphatic heterocycles. The maximum absolute atomic E-state index is 13.1. The van der Waals surface area contributed by atoms with Crippen molar-refractivity contribution in [3.05, 3.63) is 167 Å². The van der Waals surface area contributed by atoms with E-state index in [0.717, 1.165) is 11.1 Å². The van der Waals surface area contributed by atoms with E-state index in [9.17, 15) is 19.8 Å². The van der Waals surface area contributed by atoms with E-state index in [-0.39, 0.29) is 46.0 Å². The molecule has 0 saturated carbocycles. The highest BCUT2D eigenvalue weighted by Crippen LogP contribution is 2.39. The number of hydrogen-bond donors (Lipinski definition) is 2. The van der Waals surface area contributed by atoms with E-state index in [0.29, 0.717) is 45.6 Å². The third kappa shape index (κ3) is 7.94. The smallest absolute Gasteiger partial charge is 0.196 e. The van der Waals surface area contributed by atoms with E-state index in [1.165, 1.54) is 12.1 Å². The van der Waals surface area contributed by atoms with Gasteiger partial charge in [0.1, 0.15) is 46.0 Å². The van der Waals surface area contributed by atoms with Crippen LogP contribution in [0.25, 0.3) is 0 Å². The van der Waals surface area contributed by atoms with Crippen molar-refractivity contribution in [2.24, 2.45) is 0 Å². The number of hydrogen-bond acceptors (Lipinski definition) is 7. The first-order valence-corrected chi connectivity index (χ1v) is 16.7. The van der Waals surface area contributed by atoms with E-state index in [2.05, 4.69) is 0 Å². The van der Waals surface area contributed by atoms with Gasteiger partial charge in [-0.25, -0.2) is 0 Å². The van der Waals surface area contributed by atoms with Crippen LogP contribution in [0.5, 0.6) is 46.0 Å². The number of ether oxygens (including phenoxy) is 3. The number of benzene rings is 6. The minimum absolute atomic E-state index is 0.0309. The van der Waals surface area contributed by atoms with Crippen LogP contribution < -0.4 is 14.2 Å². The van der Waals surface area contributed by atoms with Gasteiger partial charge in [-0.3, -0.25) is 9.59 Å². The first-order valence-electron chi connectivity index (χ1n) is 16.7. The summed E-state index contributed by atoms with van der Waals surface area (Å²) in [6.07, 6.45) is 0. The van der Waals surface area contributed by atoms with E-state index in [1.807, 2.05) is 39.8 Å². The van der Waals surface area contributed by atoms with Crippen LogP contribution in [-0.2, 0) is 0 Å². The van der Waals surface area contributed by atoms with Gasteiger partial charge >= 0.3 is 0 Å². The fraction of sp³-hybridized carbons (Fsp3) is 0.136. The zero-order valence-corrected chi connectivity index (χ0v) is 28.8. The van der Waals surface area contributed by atoms with Crippen molar-refractivity contribution in [3.8, 4) is 46.0 Å². The number of rotatable bonds is 12. The monoisotopic (exact) mass is 678 g/mol. The molecule has 7 nitrogen and oxygen atoms in total. The van der Waals surface area contributed by atoms with Crippen molar-refractivity contribution >= 4 is 11.6 Å². The number of phenolic OH excluding ortho intramolecular Hbond substituents is 2. The van der Waals surface area contributed by atoms with Crippen molar-refractivity contribution < 1.29 is 34.0 Å². The van der Waals surface area contributed by atoms with Gasteiger partial charge in [0.25, 0.3) is 0 Å². The van der Waals surface area contributed by atoms with Crippen LogP contribution in [0.1, 0.15) is 82.5 Å². The molecule has 0 spiro atoms. The van der Waals surface area contributed by atoms with Crippen LogP contribution in [-0.4, -0.2) is 21.8 Å². The third-order valence-corrected chi connectivity index (χ3v) is 8.40. The molecule has 0 heterocycles. The maximum atomic E-state index is 13.1. The molecule has 0 aliphatic carbocycles. The number of ketones is 2. The number of aromatic hydroxyl groups is 2. The predicted octanol–water partition coefficient (Wildman–Crippen LogP) is 11.2. The van der Waals surface area contributed by atoms with Crippen LogP contribution in [0.2, 0.25) is 0 Å². The van der Waals surface area contributed by atoms with Crippen LogP contribution in [0, 0.1) is 0 Å². The Balaban J connectivity index is 1.13. The van der Waals surface area contributed by atoms with Gasteiger partial charge in [-0.15, -0.1) is 0 Å². The molecular formula is C44H38O7. The quantitative estimate of drug-likeness (QED) is 0.124. The van der Waals surface area contributed by atoms with E-state index in [1.54, 1.807) is 109 Å². The predicted molar refractivity (Wildman–Crippen MR) is 197 cm³/mol. The molecule has 51 heavy (non-hydrogen) atoms. The Hall–Kier alpha value is -6.34. The lowest BCUT2D eigenvalue weighted by atomic mass is 9.95. The summed E-state index contributed by atoms with van der Waals surface area (Å²) in [6, 6.07) is 38.3. The molecule has 0 bridgehead atoms. The second-order valence-electron chi connectivity index (χ2n) is 12.8. The van der Waals surface area contributed by atoms with Crippen molar-refractivity contribution in [3.63, 3.8) is 0 Å². The van der Waals surface area contributed by atoms with Gasteiger partial charge in [-0.2, -0.15) is 0 Å². The zero-order valence-electron chi connectivity index (χ0n) is 28.8. The van der Waals surface area contributed by atoms with Crippen LogP contribution in [0.3, 0.4) is 0 Å². The molecule has 7 heteroatoms. The van der Waals surface area contributed by atoms with Crippen molar-refractivity contribution in [2.75, 3.05) is 0 Å². The van der Waals surface area contributed by atoms with Gasteiger partial charge in [0.05, 0.1) is 11.1 Å². The molecule has 0 saturated heterocycles. The molecule has 6 aromatic carbocycles. The van der Waals surface area contributed by atoms with Gasteiger partial charge in [-0.1, -0.05) is 88.4 Å². The van der Waals surface area contributed by atoms with Gasteiger partial charge in [0.15, 0.2) is 11.6 Å². The van der Waals surface area contributed by atoms with Gasteiger partial charge in [0.2, 0.25) is 0 Å². The van der Waals surface area contributed by atoms with Gasteiger partial charge in [0, 0.05) is 23.3 Å². The Morgan fingerprint density at radius 3 is 1.08 bits per heavy atom. The summed E-state index contributed by atoms with van der Waals surface area (Å²) in [5, 5.41) is 21.6. The topological polar surface area (TPSA) is 102 Å². The Kier molecular flexibility index (Phi) is 10.2. The molecule has 6 aromatic rings. The molecule has 2 N–H and O–H groups in total. The number of carbonyl (C=O) groups excluding carboxylic acids is 2. The minimum atomic E-state index is -0.256. The summed E-state index contributed by atoms with van der Waals surface area (Å²) in [5.74, 6) is 2.41. The average Bonchev–Trinajstić information content (AvgIpc) is 3.13. The zero-order chi connectivity index (χ0) is 36.1. The van der Waals surface area contributed by atoms with Crippen molar-refractivity contribution in [1.29, 1.82) is 0 Å². The molecule has 0 atom stereocenters. The maximum Gasteiger partial charge on any atom is 0.196 e. The second kappa shape index (κ2) is 15.0. The lowest BCUT2D eigenvalue weighted by molar-refractivity contribution is 0.102. The van der Waals surface area contributed by atoms with E-state index in [4.69, 9.17) is 14.2 Å². The molecule has 0 radical (unpaired) electrons. The Bertz CT molecular complexity index is 2000. The highest BCUT2D eigenvalue weighted by molar-refractivity contribution is 6.11. The fourth-order valence-corrected chi connectivity index (χ4v) is 5.65. The summed E-state index contributed by atoms with van der Waals surface area (Å²) >= 11 is 0. The molecule has 0 fully saturated rings. The molecule has 0 aliphatic rings. The summed E-state index contributed by atoms with van der Waals surface area (Å²) in [7, 11) is 0. The summed E-state index contributed by atoms with van der Waals surface area (Å²) in [4.78, 5) is 26.2. The highest BCUT2D eigenvalue weighted by atomic mass is 16.5. The molecule has 256 valence electrons. The minimum Gasteiger partial charge on any atom is -0.507 e.